The van der Waals surface area contributed by atoms with Crippen molar-refractivity contribution in [3.05, 3.63) is 51.4 Å². The molecule has 0 aliphatic carbocycles. The minimum Gasteiger partial charge on any atom is -0.438 e. The highest BCUT2D eigenvalue weighted by Gasteiger charge is 2.14. The highest BCUT2D eigenvalue weighted by molar-refractivity contribution is 9.10. The van der Waals surface area contributed by atoms with E-state index in [1.165, 1.54) is 6.07 Å². The van der Waals surface area contributed by atoms with Crippen molar-refractivity contribution in [2.24, 2.45) is 5.73 Å². The van der Waals surface area contributed by atoms with Crippen molar-refractivity contribution in [3.63, 3.8) is 0 Å². The maximum Gasteiger partial charge on any atom is 0.230 e. The van der Waals surface area contributed by atoms with Crippen LogP contribution in [0.25, 0.3) is 0 Å². The molecular weight excluding hydrogens is 325 g/mol. The quantitative estimate of drug-likeness (QED) is 0.662. The Balaban J connectivity index is 2.47. The van der Waals surface area contributed by atoms with E-state index in [2.05, 4.69) is 20.9 Å². The number of hydrogen-bond acceptors (Lipinski definition) is 3. The van der Waals surface area contributed by atoms with Gasteiger partial charge in [0.1, 0.15) is 17.4 Å². The Hall–Kier alpha value is -1.95. The van der Waals surface area contributed by atoms with E-state index in [0.29, 0.717) is 15.8 Å². The maximum atomic E-state index is 13.5. The van der Waals surface area contributed by atoms with E-state index in [1.807, 2.05) is 19.9 Å². The molecule has 0 unspecified atom stereocenters. The molecule has 0 saturated heterocycles. The third kappa shape index (κ3) is 2.96. The van der Waals surface area contributed by atoms with Crippen molar-refractivity contribution in [1.29, 1.82) is 5.41 Å². The zero-order chi connectivity index (χ0) is 14.9. The average molecular weight is 338 g/mol. The van der Waals surface area contributed by atoms with Gasteiger partial charge in [-0.25, -0.2) is 9.37 Å². The SMILES string of the molecule is Cc1cc(C)c(C(=N)N)c(Oc2ccc(Br)c(F)c2)n1. The number of aryl methyl sites for hydroxylation is 2. The number of nitrogens with zero attached hydrogens (tertiary/aromatic N) is 1. The lowest BCUT2D eigenvalue weighted by Crippen LogP contribution is -2.15. The summed E-state index contributed by atoms with van der Waals surface area (Å²) in [5.74, 6) is -0.0683. The molecule has 4 nitrogen and oxygen atoms in total. The molecule has 20 heavy (non-hydrogen) atoms. The number of nitrogens with one attached hydrogen (secondary N) is 1. The van der Waals surface area contributed by atoms with Gasteiger partial charge in [0, 0.05) is 11.8 Å². The van der Waals surface area contributed by atoms with Gasteiger partial charge in [-0.05, 0) is 53.5 Å². The maximum absolute atomic E-state index is 13.5. The molecule has 104 valence electrons. The number of nitrogen functional groups attached to an aromatic ring is 1. The van der Waals surface area contributed by atoms with Gasteiger partial charge in [-0.2, -0.15) is 0 Å². The van der Waals surface area contributed by atoms with Crippen molar-refractivity contribution in [1.82, 2.24) is 4.98 Å². The van der Waals surface area contributed by atoms with Gasteiger partial charge in [0.15, 0.2) is 0 Å². The number of rotatable bonds is 3. The molecule has 6 heteroatoms. The number of hydrogen-bond donors (Lipinski definition) is 2. The molecule has 0 fully saturated rings. The molecule has 3 N–H and O–H groups in total. The van der Waals surface area contributed by atoms with Gasteiger partial charge in [-0.3, -0.25) is 5.41 Å². The molecule has 1 aromatic heterocycles. The summed E-state index contributed by atoms with van der Waals surface area (Å²) in [5, 5.41) is 7.61. The van der Waals surface area contributed by atoms with Crippen LogP contribution in [-0.4, -0.2) is 10.8 Å². The van der Waals surface area contributed by atoms with E-state index in [4.69, 9.17) is 15.9 Å². The Morgan fingerprint density at radius 1 is 1.35 bits per heavy atom. The Morgan fingerprint density at radius 3 is 2.65 bits per heavy atom. The number of nitrogens with two attached hydrogens (primary N) is 1. The largest absolute Gasteiger partial charge is 0.438 e. The normalized spacial score (nSPS) is 10.4. The van der Waals surface area contributed by atoms with Crippen LogP contribution in [0.1, 0.15) is 16.8 Å². The third-order valence-corrected chi connectivity index (χ3v) is 3.33. The van der Waals surface area contributed by atoms with Gasteiger partial charge in [0.05, 0.1) is 10.0 Å². The minimum absolute atomic E-state index is 0.136. The van der Waals surface area contributed by atoms with Crippen molar-refractivity contribution in [2.45, 2.75) is 13.8 Å². The van der Waals surface area contributed by atoms with E-state index < -0.39 is 5.82 Å². The molecule has 0 bridgehead atoms. The van der Waals surface area contributed by atoms with Crippen LogP contribution in [0.3, 0.4) is 0 Å². The zero-order valence-corrected chi connectivity index (χ0v) is 12.6. The summed E-state index contributed by atoms with van der Waals surface area (Å²) in [7, 11) is 0. The summed E-state index contributed by atoms with van der Waals surface area (Å²) in [4.78, 5) is 4.23. The minimum atomic E-state index is -0.434. The molecule has 0 amide bonds. The number of amidine groups is 1. The summed E-state index contributed by atoms with van der Waals surface area (Å²) in [6.07, 6.45) is 0. The van der Waals surface area contributed by atoms with Gasteiger partial charge in [0.2, 0.25) is 5.88 Å². The Kier molecular flexibility index (Phi) is 4.04. The van der Waals surface area contributed by atoms with Crippen LogP contribution in [-0.2, 0) is 0 Å². The first-order chi connectivity index (χ1) is 9.38. The molecular formula is C14H13BrFN3O. The first-order valence-corrected chi connectivity index (χ1v) is 6.63. The molecule has 0 aliphatic rings. The van der Waals surface area contributed by atoms with Gasteiger partial charge < -0.3 is 10.5 Å². The number of ether oxygens (including phenoxy) is 1. The van der Waals surface area contributed by atoms with Crippen LogP contribution in [0.15, 0.2) is 28.7 Å². The first kappa shape index (κ1) is 14.5. The van der Waals surface area contributed by atoms with E-state index in [9.17, 15) is 4.39 Å². The topological polar surface area (TPSA) is 72.0 Å². The lowest BCUT2D eigenvalue weighted by atomic mass is 10.1. The second kappa shape index (κ2) is 5.58. The highest BCUT2D eigenvalue weighted by Crippen LogP contribution is 2.28. The zero-order valence-electron chi connectivity index (χ0n) is 11.0. The van der Waals surface area contributed by atoms with E-state index in [0.717, 1.165) is 11.3 Å². The van der Waals surface area contributed by atoms with Crippen molar-refractivity contribution in [3.8, 4) is 11.6 Å². The van der Waals surface area contributed by atoms with Crippen LogP contribution in [0, 0.1) is 25.1 Å². The fraction of sp³-hybridized carbons (Fsp3) is 0.143. The molecule has 0 radical (unpaired) electrons. The summed E-state index contributed by atoms with van der Waals surface area (Å²) in [6, 6.07) is 6.20. The number of pyridine rings is 1. The smallest absolute Gasteiger partial charge is 0.230 e. The standard InChI is InChI=1S/C14H13BrFN3O/c1-7-5-8(2)19-14(12(7)13(17)18)20-9-3-4-10(15)11(16)6-9/h3-6H,1-2H3,(H3,17,18). The Bertz CT molecular complexity index is 688. The van der Waals surface area contributed by atoms with Crippen LogP contribution in [0.2, 0.25) is 0 Å². The molecule has 0 atom stereocenters. The summed E-state index contributed by atoms with van der Waals surface area (Å²) in [6.45, 7) is 3.63. The second-order valence-electron chi connectivity index (χ2n) is 4.35. The van der Waals surface area contributed by atoms with Gasteiger partial charge in [-0.1, -0.05) is 0 Å². The lowest BCUT2D eigenvalue weighted by Gasteiger charge is -2.12. The van der Waals surface area contributed by atoms with E-state index in [-0.39, 0.29) is 11.7 Å². The second-order valence-corrected chi connectivity index (χ2v) is 5.21. The monoisotopic (exact) mass is 337 g/mol. The van der Waals surface area contributed by atoms with E-state index in [1.54, 1.807) is 12.1 Å². The highest BCUT2D eigenvalue weighted by atomic mass is 79.9. The first-order valence-electron chi connectivity index (χ1n) is 5.84. The average Bonchev–Trinajstić information content (AvgIpc) is 2.32. The third-order valence-electron chi connectivity index (χ3n) is 2.69. The van der Waals surface area contributed by atoms with Gasteiger partial charge >= 0.3 is 0 Å². The fourth-order valence-electron chi connectivity index (χ4n) is 1.86. The lowest BCUT2D eigenvalue weighted by molar-refractivity contribution is 0.455. The van der Waals surface area contributed by atoms with Crippen molar-refractivity contribution in [2.75, 3.05) is 0 Å². The molecule has 1 heterocycles. The van der Waals surface area contributed by atoms with E-state index >= 15 is 0 Å². The summed E-state index contributed by atoms with van der Waals surface area (Å²) in [5.41, 5.74) is 7.50. The summed E-state index contributed by atoms with van der Waals surface area (Å²) < 4.78 is 19.4. The summed E-state index contributed by atoms with van der Waals surface area (Å²) >= 11 is 3.08. The van der Waals surface area contributed by atoms with Crippen LogP contribution in [0.5, 0.6) is 11.6 Å². The molecule has 0 aliphatic heterocycles. The van der Waals surface area contributed by atoms with Crippen LogP contribution >= 0.6 is 15.9 Å². The fourth-order valence-corrected chi connectivity index (χ4v) is 2.10. The Labute approximate surface area is 124 Å². The van der Waals surface area contributed by atoms with Gasteiger partial charge in [0.25, 0.3) is 0 Å². The predicted octanol–water partition coefficient (Wildman–Crippen LogP) is 3.68. The van der Waals surface area contributed by atoms with Gasteiger partial charge in [-0.15, -0.1) is 0 Å². The molecule has 2 rings (SSSR count). The molecule has 1 aromatic carbocycles. The predicted molar refractivity (Wildman–Crippen MR) is 78.9 cm³/mol. The number of halogens is 2. The van der Waals surface area contributed by atoms with Crippen molar-refractivity contribution < 1.29 is 9.13 Å². The number of aromatic nitrogens is 1. The molecule has 2 aromatic rings. The molecule has 0 saturated carbocycles. The van der Waals surface area contributed by atoms with Crippen LogP contribution < -0.4 is 10.5 Å². The van der Waals surface area contributed by atoms with Crippen LogP contribution in [0.4, 0.5) is 4.39 Å². The Morgan fingerprint density at radius 2 is 2.05 bits per heavy atom. The number of benzene rings is 1. The van der Waals surface area contributed by atoms with Crippen molar-refractivity contribution >= 4 is 21.8 Å². The molecule has 0 spiro atoms.